The summed E-state index contributed by atoms with van der Waals surface area (Å²) in [6.45, 7) is 1.24. The summed E-state index contributed by atoms with van der Waals surface area (Å²) in [4.78, 5) is 27.0. The largest absolute Gasteiger partial charge is 0.383 e. The van der Waals surface area contributed by atoms with Gasteiger partial charge in [-0.1, -0.05) is 0 Å². The Kier molecular flexibility index (Phi) is 7.06. The van der Waals surface area contributed by atoms with Crippen LogP contribution in [0, 0.1) is 0 Å². The Morgan fingerprint density at radius 1 is 1.37 bits per heavy atom. The van der Waals surface area contributed by atoms with Crippen LogP contribution < -0.4 is 10.6 Å². The van der Waals surface area contributed by atoms with E-state index in [0.29, 0.717) is 23.3 Å². The molecule has 0 unspecified atom stereocenters. The molecule has 0 aliphatic rings. The SMILES string of the molecule is COCCNC(=O)CCNC(=O)c1ccnc(Br)c1. The number of carbonyl (C=O) groups is 2. The Morgan fingerprint density at radius 3 is 2.84 bits per heavy atom. The van der Waals surface area contributed by atoms with Gasteiger partial charge < -0.3 is 15.4 Å². The van der Waals surface area contributed by atoms with Gasteiger partial charge in [-0.25, -0.2) is 4.98 Å². The van der Waals surface area contributed by atoms with Crippen molar-refractivity contribution in [2.45, 2.75) is 6.42 Å². The molecule has 1 heterocycles. The van der Waals surface area contributed by atoms with E-state index in [-0.39, 0.29) is 24.8 Å². The number of hydrogen-bond acceptors (Lipinski definition) is 4. The molecule has 1 aromatic rings. The van der Waals surface area contributed by atoms with Crippen molar-refractivity contribution in [2.75, 3.05) is 26.8 Å². The van der Waals surface area contributed by atoms with E-state index in [4.69, 9.17) is 4.74 Å². The molecule has 1 aromatic heterocycles. The highest BCUT2D eigenvalue weighted by molar-refractivity contribution is 9.10. The Morgan fingerprint density at radius 2 is 2.16 bits per heavy atom. The second kappa shape index (κ2) is 8.60. The Labute approximate surface area is 120 Å². The average Bonchev–Trinajstić information content (AvgIpc) is 2.39. The summed E-state index contributed by atoms with van der Waals surface area (Å²) in [5, 5.41) is 5.34. The number of halogens is 1. The molecule has 104 valence electrons. The van der Waals surface area contributed by atoms with Gasteiger partial charge in [0.25, 0.3) is 5.91 Å². The highest BCUT2D eigenvalue weighted by atomic mass is 79.9. The monoisotopic (exact) mass is 329 g/mol. The number of pyridine rings is 1. The normalized spacial score (nSPS) is 10.0. The molecule has 0 aliphatic heterocycles. The molecular weight excluding hydrogens is 314 g/mol. The lowest BCUT2D eigenvalue weighted by Crippen LogP contribution is -2.32. The van der Waals surface area contributed by atoms with E-state index in [2.05, 4.69) is 31.5 Å². The summed E-state index contributed by atoms with van der Waals surface area (Å²) in [7, 11) is 1.57. The van der Waals surface area contributed by atoms with E-state index in [1.54, 1.807) is 19.2 Å². The molecule has 7 heteroatoms. The first-order valence-electron chi connectivity index (χ1n) is 5.79. The van der Waals surface area contributed by atoms with E-state index in [1.807, 2.05) is 0 Å². The third-order valence-electron chi connectivity index (χ3n) is 2.25. The van der Waals surface area contributed by atoms with Gasteiger partial charge in [0.15, 0.2) is 0 Å². The molecule has 0 saturated carbocycles. The molecule has 0 aliphatic carbocycles. The number of nitrogens with one attached hydrogen (secondary N) is 2. The minimum Gasteiger partial charge on any atom is -0.383 e. The Hall–Kier alpha value is -1.47. The van der Waals surface area contributed by atoms with Crippen LogP contribution in [0.5, 0.6) is 0 Å². The van der Waals surface area contributed by atoms with Crippen LogP contribution in [0.3, 0.4) is 0 Å². The predicted octanol–water partition coefficient (Wildman–Crippen LogP) is 0.727. The number of ether oxygens (including phenoxy) is 1. The number of carbonyl (C=O) groups excluding carboxylic acids is 2. The summed E-state index contributed by atoms with van der Waals surface area (Å²) < 4.78 is 5.40. The molecule has 0 atom stereocenters. The van der Waals surface area contributed by atoms with E-state index in [0.717, 1.165) is 0 Å². The zero-order chi connectivity index (χ0) is 14.1. The molecule has 19 heavy (non-hydrogen) atoms. The second-order valence-corrected chi connectivity index (χ2v) is 4.53. The Bertz CT molecular complexity index is 440. The van der Waals surface area contributed by atoms with Crippen molar-refractivity contribution in [2.24, 2.45) is 0 Å². The number of amides is 2. The number of nitrogens with zero attached hydrogens (tertiary/aromatic N) is 1. The van der Waals surface area contributed by atoms with Gasteiger partial charge in [0, 0.05) is 38.4 Å². The first-order chi connectivity index (χ1) is 9.13. The molecule has 0 fully saturated rings. The predicted molar refractivity (Wildman–Crippen MR) is 73.8 cm³/mol. The fourth-order valence-corrected chi connectivity index (χ4v) is 1.68. The van der Waals surface area contributed by atoms with Crippen LogP contribution in [0.1, 0.15) is 16.8 Å². The second-order valence-electron chi connectivity index (χ2n) is 3.72. The van der Waals surface area contributed by atoms with Crippen molar-refractivity contribution in [3.63, 3.8) is 0 Å². The molecule has 6 nitrogen and oxygen atoms in total. The highest BCUT2D eigenvalue weighted by Crippen LogP contribution is 2.07. The molecule has 2 N–H and O–H groups in total. The molecule has 0 saturated heterocycles. The quantitative estimate of drug-likeness (QED) is 0.570. The minimum atomic E-state index is -0.229. The van der Waals surface area contributed by atoms with Crippen molar-refractivity contribution in [1.82, 2.24) is 15.6 Å². The molecule has 1 rings (SSSR count). The van der Waals surface area contributed by atoms with Gasteiger partial charge >= 0.3 is 0 Å². The Balaban J connectivity index is 2.25. The van der Waals surface area contributed by atoms with E-state index >= 15 is 0 Å². The van der Waals surface area contributed by atoms with Crippen molar-refractivity contribution < 1.29 is 14.3 Å². The van der Waals surface area contributed by atoms with Gasteiger partial charge in [0.2, 0.25) is 5.91 Å². The van der Waals surface area contributed by atoms with Gasteiger partial charge in [0.1, 0.15) is 4.60 Å². The summed E-state index contributed by atoms with van der Waals surface area (Å²) >= 11 is 3.19. The summed E-state index contributed by atoms with van der Waals surface area (Å²) in [6.07, 6.45) is 1.78. The van der Waals surface area contributed by atoms with Gasteiger partial charge in [-0.3, -0.25) is 9.59 Å². The van der Waals surface area contributed by atoms with Gasteiger partial charge in [-0.05, 0) is 28.1 Å². The number of aromatic nitrogens is 1. The minimum absolute atomic E-state index is 0.117. The van der Waals surface area contributed by atoms with Crippen LogP contribution in [0.2, 0.25) is 0 Å². The average molecular weight is 330 g/mol. The van der Waals surface area contributed by atoms with E-state index in [1.165, 1.54) is 6.20 Å². The van der Waals surface area contributed by atoms with Crippen LogP contribution in [-0.2, 0) is 9.53 Å². The van der Waals surface area contributed by atoms with E-state index in [9.17, 15) is 9.59 Å². The maximum atomic E-state index is 11.7. The highest BCUT2D eigenvalue weighted by Gasteiger charge is 2.07. The lowest BCUT2D eigenvalue weighted by atomic mass is 10.2. The third-order valence-corrected chi connectivity index (χ3v) is 2.69. The van der Waals surface area contributed by atoms with Crippen LogP contribution in [-0.4, -0.2) is 43.6 Å². The van der Waals surface area contributed by atoms with Crippen molar-refractivity contribution in [3.05, 3.63) is 28.5 Å². The molecule has 0 radical (unpaired) electrons. The van der Waals surface area contributed by atoms with Gasteiger partial charge in [-0.15, -0.1) is 0 Å². The van der Waals surface area contributed by atoms with Gasteiger partial charge in [-0.2, -0.15) is 0 Å². The number of hydrogen-bond donors (Lipinski definition) is 2. The zero-order valence-electron chi connectivity index (χ0n) is 10.6. The first kappa shape index (κ1) is 15.6. The van der Waals surface area contributed by atoms with Crippen molar-refractivity contribution in [3.8, 4) is 0 Å². The molecule has 0 aromatic carbocycles. The smallest absolute Gasteiger partial charge is 0.251 e. The number of methoxy groups -OCH3 is 1. The fraction of sp³-hybridized carbons (Fsp3) is 0.417. The van der Waals surface area contributed by atoms with Crippen LogP contribution >= 0.6 is 15.9 Å². The summed E-state index contributed by atoms with van der Waals surface area (Å²) in [5.74, 6) is -0.346. The zero-order valence-corrected chi connectivity index (χ0v) is 12.2. The number of rotatable bonds is 7. The van der Waals surface area contributed by atoms with Crippen molar-refractivity contribution >= 4 is 27.7 Å². The fourth-order valence-electron chi connectivity index (χ4n) is 1.32. The first-order valence-corrected chi connectivity index (χ1v) is 6.58. The summed E-state index contributed by atoms with van der Waals surface area (Å²) in [6, 6.07) is 3.23. The maximum absolute atomic E-state index is 11.7. The summed E-state index contributed by atoms with van der Waals surface area (Å²) in [5.41, 5.74) is 0.502. The topological polar surface area (TPSA) is 80.3 Å². The van der Waals surface area contributed by atoms with Crippen LogP contribution in [0.15, 0.2) is 22.9 Å². The molecule has 0 spiro atoms. The van der Waals surface area contributed by atoms with E-state index < -0.39 is 0 Å². The van der Waals surface area contributed by atoms with Crippen LogP contribution in [0.25, 0.3) is 0 Å². The third kappa shape index (κ3) is 6.30. The van der Waals surface area contributed by atoms with Gasteiger partial charge in [0.05, 0.1) is 6.61 Å². The molecule has 2 amide bonds. The standard InChI is InChI=1S/C12H16BrN3O3/c1-19-7-6-15-11(17)3-5-16-12(18)9-2-4-14-10(13)8-9/h2,4,8H,3,5-7H2,1H3,(H,15,17)(H,16,18). The molecule has 0 bridgehead atoms. The maximum Gasteiger partial charge on any atom is 0.251 e. The lowest BCUT2D eigenvalue weighted by Gasteiger charge is -2.06. The van der Waals surface area contributed by atoms with Crippen LogP contribution in [0.4, 0.5) is 0 Å². The van der Waals surface area contributed by atoms with Crippen molar-refractivity contribution in [1.29, 1.82) is 0 Å². The lowest BCUT2D eigenvalue weighted by molar-refractivity contribution is -0.121. The molecular formula is C12H16BrN3O3.